The summed E-state index contributed by atoms with van der Waals surface area (Å²) in [6.07, 6.45) is 0. The molecule has 3 aromatic rings. The van der Waals surface area contributed by atoms with Crippen molar-refractivity contribution in [1.82, 2.24) is 9.88 Å². The van der Waals surface area contributed by atoms with E-state index in [9.17, 15) is 0 Å². The molecule has 2 atom stereocenters. The van der Waals surface area contributed by atoms with E-state index < -0.39 is 0 Å². The number of hydrogen-bond donors (Lipinski definition) is 1. The highest BCUT2D eigenvalue weighted by atomic mass is 32.1. The van der Waals surface area contributed by atoms with E-state index in [4.69, 9.17) is 20.2 Å². The Hall–Kier alpha value is -2.41. The maximum absolute atomic E-state index is 6.42. The molecule has 1 aromatic heterocycles. The number of thiazole rings is 1. The van der Waals surface area contributed by atoms with Crippen molar-refractivity contribution in [2.75, 3.05) is 19.9 Å². The molecule has 0 bridgehead atoms. The molecule has 3 heterocycles. The van der Waals surface area contributed by atoms with Gasteiger partial charge < -0.3 is 15.2 Å². The molecule has 0 radical (unpaired) electrons. The second-order valence-electron chi connectivity index (χ2n) is 7.09. The number of benzene rings is 2. The van der Waals surface area contributed by atoms with Gasteiger partial charge in [-0.1, -0.05) is 30.3 Å². The fourth-order valence-corrected chi connectivity index (χ4v) is 4.67. The van der Waals surface area contributed by atoms with Gasteiger partial charge in [-0.15, -0.1) is 11.3 Å². The average Bonchev–Trinajstić information content (AvgIpc) is 3.42. The van der Waals surface area contributed by atoms with E-state index in [0.717, 1.165) is 47.4 Å². The van der Waals surface area contributed by atoms with Crippen molar-refractivity contribution in [3.05, 3.63) is 65.2 Å². The van der Waals surface area contributed by atoms with E-state index in [1.54, 1.807) is 11.3 Å². The van der Waals surface area contributed by atoms with Crippen molar-refractivity contribution in [1.29, 1.82) is 0 Å². The van der Waals surface area contributed by atoms with Gasteiger partial charge in [0.05, 0.1) is 5.69 Å². The van der Waals surface area contributed by atoms with Crippen LogP contribution in [0.4, 0.5) is 0 Å². The number of nitrogens with zero attached hydrogens (tertiary/aromatic N) is 2. The first-order chi connectivity index (χ1) is 13.3. The Morgan fingerprint density at radius 1 is 1.07 bits per heavy atom. The summed E-state index contributed by atoms with van der Waals surface area (Å²) in [6, 6.07) is 16.7. The van der Waals surface area contributed by atoms with Gasteiger partial charge >= 0.3 is 0 Å². The zero-order valence-corrected chi connectivity index (χ0v) is 15.7. The van der Waals surface area contributed by atoms with Crippen molar-refractivity contribution in [3.63, 3.8) is 0 Å². The zero-order valence-electron chi connectivity index (χ0n) is 14.9. The molecule has 0 aliphatic carbocycles. The molecule has 5 rings (SSSR count). The van der Waals surface area contributed by atoms with Gasteiger partial charge in [-0.25, -0.2) is 4.98 Å². The number of rotatable bonds is 4. The molecule has 0 unspecified atom stereocenters. The van der Waals surface area contributed by atoms with E-state index in [1.807, 2.05) is 18.2 Å². The van der Waals surface area contributed by atoms with E-state index in [2.05, 4.69) is 40.6 Å². The van der Waals surface area contributed by atoms with Crippen molar-refractivity contribution >= 4 is 11.3 Å². The lowest BCUT2D eigenvalue weighted by Gasteiger charge is -2.15. The molecule has 0 saturated carbocycles. The summed E-state index contributed by atoms with van der Waals surface area (Å²) in [7, 11) is 0. The molecule has 2 aliphatic heterocycles. The number of nitrogens with two attached hydrogens (primary N) is 1. The molecule has 1 fully saturated rings. The summed E-state index contributed by atoms with van der Waals surface area (Å²) in [6.45, 7) is 3.00. The number of likely N-dealkylation sites (tertiary alicyclic amines) is 1. The summed E-state index contributed by atoms with van der Waals surface area (Å²) in [5.74, 6) is 1.98. The van der Waals surface area contributed by atoms with Crippen LogP contribution < -0.4 is 15.2 Å². The standard InChI is InChI=1S/C21H21N3O2S/c22-18-11-24(10-17(18)14-4-2-1-3-5-14)9-16-12-27-21(23-16)15-6-7-19-20(8-15)26-13-25-19/h1-8,12,17-18H,9-11,13,22H2/t17-,18+/m0/s1. The van der Waals surface area contributed by atoms with Crippen molar-refractivity contribution < 1.29 is 9.47 Å². The molecule has 27 heavy (non-hydrogen) atoms. The van der Waals surface area contributed by atoms with Crippen LogP contribution in [0.15, 0.2) is 53.9 Å². The predicted octanol–water partition coefficient (Wildman–Crippen LogP) is 3.47. The minimum absolute atomic E-state index is 0.166. The second kappa shape index (κ2) is 6.96. The van der Waals surface area contributed by atoms with Crippen LogP contribution in [-0.4, -0.2) is 35.8 Å². The fourth-order valence-electron chi connectivity index (χ4n) is 3.87. The van der Waals surface area contributed by atoms with Crippen LogP contribution in [0.25, 0.3) is 10.6 Å². The molecule has 2 aliphatic rings. The molecule has 6 heteroatoms. The van der Waals surface area contributed by atoms with Gasteiger partial charge in [-0.05, 0) is 23.8 Å². The third-order valence-corrected chi connectivity index (χ3v) is 6.17. The Kier molecular flexibility index (Phi) is 4.32. The quantitative estimate of drug-likeness (QED) is 0.752. The van der Waals surface area contributed by atoms with Gasteiger partial charge in [0.2, 0.25) is 6.79 Å². The highest BCUT2D eigenvalue weighted by Gasteiger charge is 2.31. The van der Waals surface area contributed by atoms with Crippen LogP contribution in [0.5, 0.6) is 11.5 Å². The SMILES string of the molecule is N[C@@H]1CN(Cc2csc(-c3ccc4c(c3)OCO4)n2)C[C@H]1c1ccccc1. The van der Waals surface area contributed by atoms with E-state index >= 15 is 0 Å². The Bertz CT molecular complexity index is 944. The number of aromatic nitrogens is 1. The molecule has 0 spiro atoms. The van der Waals surface area contributed by atoms with Gasteiger partial charge in [-0.3, -0.25) is 4.90 Å². The van der Waals surface area contributed by atoms with E-state index in [-0.39, 0.29) is 6.04 Å². The first-order valence-corrected chi connectivity index (χ1v) is 10.0. The molecule has 1 saturated heterocycles. The first-order valence-electron chi connectivity index (χ1n) is 9.13. The van der Waals surface area contributed by atoms with Crippen LogP contribution in [0.1, 0.15) is 17.2 Å². The largest absolute Gasteiger partial charge is 0.454 e. The maximum atomic E-state index is 6.42. The average molecular weight is 379 g/mol. The van der Waals surface area contributed by atoms with Gasteiger partial charge in [0.15, 0.2) is 11.5 Å². The molecule has 2 N–H and O–H groups in total. The zero-order chi connectivity index (χ0) is 18.2. The number of ether oxygens (including phenoxy) is 2. The van der Waals surface area contributed by atoms with Gasteiger partial charge in [0.1, 0.15) is 5.01 Å². The van der Waals surface area contributed by atoms with Crippen LogP contribution >= 0.6 is 11.3 Å². The molecular weight excluding hydrogens is 358 g/mol. The maximum Gasteiger partial charge on any atom is 0.231 e. The van der Waals surface area contributed by atoms with Gasteiger partial charge in [-0.2, -0.15) is 0 Å². The third-order valence-electron chi connectivity index (χ3n) is 5.23. The summed E-state index contributed by atoms with van der Waals surface area (Å²) >= 11 is 1.66. The predicted molar refractivity (Wildman–Crippen MR) is 106 cm³/mol. The lowest BCUT2D eigenvalue weighted by Crippen LogP contribution is -2.28. The van der Waals surface area contributed by atoms with Crippen molar-refractivity contribution in [2.24, 2.45) is 5.73 Å². The van der Waals surface area contributed by atoms with Crippen molar-refractivity contribution in [2.45, 2.75) is 18.5 Å². The first kappa shape index (κ1) is 16.7. The van der Waals surface area contributed by atoms with E-state index in [1.165, 1.54) is 5.56 Å². The Morgan fingerprint density at radius 2 is 1.93 bits per heavy atom. The topological polar surface area (TPSA) is 60.6 Å². The lowest BCUT2D eigenvalue weighted by molar-refractivity contribution is 0.174. The Morgan fingerprint density at radius 3 is 2.81 bits per heavy atom. The van der Waals surface area contributed by atoms with Crippen LogP contribution in [0, 0.1) is 0 Å². The van der Waals surface area contributed by atoms with Crippen LogP contribution in [-0.2, 0) is 6.54 Å². The number of fused-ring (bicyclic) bond motifs is 1. The van der Waals surface area contributed by atoms with Crippen LogP contribution in [0.2, 0.25) is 0 Å². The Labute approximate surface area is 162 Å². The third kappa shape index (κ3) is 3.32. The number of hydrogen-bond acceptors (Lipinski definition) is 6. The highest BCUT2D eigenvalue weighted by molar-refractivity contribution is 7.13. The van der Waals surface area contributed by atoms with E-state index in [0.29, 0.717) is 12.7 Å². The molecular formula is C21H21N3O2S. The summed E-state index contributed by atoms with van der Waals surface area (Å²) < 4.78 is 10.9. The van der Waals surface area contributed by atoms with Gasteiger partial charge in [0.25, 0.3) is 0 Å². The highest BCUT2D eigenvalue weighted by Crippen LogP contribution is 2.37. The fraction of sp³-hybridized carbons (Fsp3) is 0.286. The summed E-state index contributed by atoms with van der Waals surface area (Å²) in [5.41, 5.74) is 9.90. The summed E-state index contributed by atoms with van der Waals surface area (Å²) in [5, 5.41) is 3.15. The molecule has 138 valence electrons. The minimum Gasteiger partial charge on any atom is -0.454 e. The summed E-state index contributed by atoms with van der Waals surface area (Å²) in [4.78, 5) is 7.24. The molecule has 0 amide bonds. The van der Waals surface area contributed by atoms with Crippen LogP contribution in [0.3, 0.4) is 0 Å². The minimum atomic E-state index is 0.166. The smallest absolute Gasteiger partial charge is 0.231 e. The monoisotopic (exact) mass is 379 g/mol. The Balaban J connectivity index is 1.29. The van der Waals surface area contributed by atoms with Gasteiger partial charge in [0, 0.05) is 42.5 Å². The molecule has 2 aromatic carbocycles. The van der Waals surface area contributed by atoms with Crippen molar-refractivity contribution in [3.8, 4) is 22.1 Å². The molecule has 5 nitrogen and oxygen atoms in total. The lowest BCUT2D eigenvalue weighted by atomic mass is 9.95. The normalized spacial score (nSPS) is 21.7. The second-order valence-corrected chi connectivity index (χ2v) is 7.95.